The molecule has 6 heteroatoms. The first kappa shape index (κ1) is 15.5. The highest BCUT2D eigenvalue weighted by atomic mass is 16.5. The lowest BCUT2D eigenvalue weighted by Gasteiger charge is -2.35. The second-order valence-corrected chi connectivity index (χ2v) is 6.13. The average molecular weight is 307 g/mol. The normalized spacial score (nSPS) is 25.6. The zero-order valence-corrected chi connectivity index (χ0v) is 13.2. The molecule has 3 heterocycles. The van der Waals surface area contributed by atoms with Crippen LogP contribution in [0.5, 0.6) is 0 Å². The molecule has 2 atom stereocenters. The van der Waals surface area contributed by atoms with Crippen LogP contribution in [0, 0.1) is 0 Å². The number of carbonyl (C=O) groups excluding carboxylic acids is 1. The van der Waals surface area contributed by atoms with Crippen molar-refractivity contribution in [3.05, 3.63) is 18.0 Å². The lowest BCUT2D eigenvalue weighted by atomic mass is 9.99. The number of likely N-dealkylation sites (tertiary alicyclic amines) is 1. The van der Waals surface area contributed by atoms with E-state index in [1.165, 1.54) is 0 Å². The third kappa shape index (κ3) is 3.50. The molecule has 0 spiro atoms. The van der Waals surface area contributed by atoms with Gasteiger partial charge in [-0.15, -0.1) is 0 Å². The molecule has 6 nitrogen and oxygen atoms in total. The molecule has 1 aromatic heterocycles. The molecule has 0 bridgehead atoms. The number of hydrogen-bond acceptors (Lipinski definition) is 4. The van der Waals surface area contributed by atoms with E-state index in [0.29, 0.717) is 6.61 Å². The number of hydrogen-bond donors (Lipinski definition) is 0. The summed E-state index contributed by atoms with van der Waals surface area (Å²) < 4.78 is 13.0. The molecular weight excluding hydrogens is 282 g/mol. The Balaban J connectivity index is 1.55. The third-order valence-corrected chi connectivity index (χ3v) is 4.58. The van der Waals surface area contributed by atoms with Crippen molar-refractivity contribution < 1.29 is 14.3 Å². The van der Waals surface area contributed by atoms with Crippen molar-refractivity contribution in [2.24, 2.45) is 7.05 Å². The summed E-state index contributed by atoms with van der Waals surface area (Å²) >= 11 is 0. The summed E-state index contributed by atoms with van der Waals surface area (Å²) in [5.41, 5.74) is 1.10. The van der Waals surface area contributed by atoms with Crippen LogP contribution in [0.25, 0.3) is 0 Å². The Labute approximate surface area is 131 Å². The highest BCUT2D eigenvalue weighted by Crippen LogP contribution is 2.30. The van der Waals surface area contributed by atoms with E-state index in [9.17, 15) is 4.79 Å². The van der Waals surface area contributed by atoms with Crippen LogP contribution >= 0.6 is 0 Å². The molecule has 2 aliphatic rings. The van der Waals surface area contributed by atoms with Gasteiger partial charge in [0.05, 0.1) is 24.4 Å². The third-order valence-electron chi connectivity index (χ3n) is 4.58. The topological polar surface area (TPSA) is 56.6 Å². The summed E-state index contributed by atoms with van der Waals surface area (Å²) in [5.74, 6) is 0.0731. The van der Waals surface area contributed by atoms with Crippen LogP contribution in [-0.4, -0.2) is 53.1 Å². The van der Waals surface area contributed by atoms with E-state index >= 15 is 0 Å². The minimum absolute atomic E-state index is 0.0731. The monoisotopic (exact) mass is 307 g/mol. The van der Waals surface area contributed by atoms with Gasteiger partial charge in [-0.3, -0.25) is 9.48 Å². The van der Waals surface area contributed by atoms with Crippen LogP contribution in [0.4, 0.5) is 0 Å². The molecule has 0 aliphatic carbocycles. The summed E-state index contributed by atoms with van der Waals surface area (Å²) in [6.07, 6.45) is 7.30. The second kappa shape index (κ2) is 7.24. The van der Waals surface area contributed by atoms with Crippen LogP contribution in [-0.2, 0) is 21.3 Å². The van der Waals surface area contributed by atoms with Gasteiger partial charge in [-0.25, -0.2) is 0 Å². The summed E-state index contributed by atoms with van der Waals surface area (Å²) in [4.78, 5) is 14.5. The molecule has 2 saturated heterocycles. The second-order valence-electron chi connectivity index (χ2n) is 6.13. The van der Waals surface area contributed by atoms with Crippen molar-refractivity contribution in [3.8, 4) is 0 Å². The number of ether oxygens (including phenoxy) is 2. The minimum Gasteiger partial charge on any atom is -0.376 e. The molecule has 3 rings (SSSR count). The van der Waals surface area contributed by atoms with Crippen molar-refractivity contribution in [2.45, 2.75) is 44.2 Å². The molecule has 2 fully saturated rings. The van der Waals surface area contributed by atoms with Crippen molar-refractivity contribution in [1.29, 1.82) is 0 Å². The van der Waals surface area contributed by atoms with E-state index in [4.69, 9.17) is 9.47 Å². The fraction of sp³-hybridized carbons (Fsp3) is 0.750. The van der Waals surface area contributed by atoms with Crippen LogP contribution in [0.3, 0.4) is 0 Å². The Hall–Kier alpha value is -1.40. The zero-order chi connectivity index (χ0) is 15.4. The maximum atomic E-state index is 12.5. The summed E-state index contributed by atoms with van der Waals surface area (Å²) in [7, 11) is 1.93. The molecule has 1 amide bonds. The van der Waals surface area contributed by atoms with Crippen LogP contribution in [0.15, 0.2) is 12.3 Å². The van der Waals surface area contributed by atoms with Gasteiger partial charge in [-0.1, -0.05) is 0 Å². The number of amides is 1. The van der Waals surface area contributed by atoms with Gasteiger partial charge in [0.15, 0.2) is 0 Å². The highest BCUT2D eigenvalue weighted by Gasteiger charge is 2.29. The van der Waals surface area contributed by atoms with Gasteiger partial charge in [-0.05, 0) is 38.2 Å². The lowest BCUT2D eigenvalue weighted by Crippen LogP contribution is -2.41. The van der Waals surface area contributed by atoms with Crippen molar-refractivity contribution >= 4 is 5.91 Å². The van der Waals surface area contributed by atoms with E-state index in [-0.39, 0.29) is 24.7 Å². The smallest absolute Gasteiger partial charge is 0.249 e. The predicted octanol–water partition coefficient (Wildman–Crippen LogP) is 1.67. The molecule has 22 heavy (non-hydrogen) atoms. The summed E-state index contributed by atoms with van der Waals surface area (Å²) in [6, 6.07) is 2.13. The molecule has 0 unspecified atom stereocenters. The standard InChI is InChI=1S/C16H25N3O3/c1-18-14(7-8-17-18)15-6-2-3-9-19(15)16(20)12-21-11-13-5-4-10-22-13/h7-8,13,15H,2-6,9-12H2,1H3/t13-,15-/m1/s1. The van der Waals surface area contributed by atoms with Gasteiger partial charge in [-0.2, -0.15) is 5.10 Å². The van der Waals surface area contributed by atoms with Gasteiger partial charge < -0.3 is 14.4 Å². The number of carbonyl (C=O) groups is 1. The minimum atomic E-state index is 0.0731. The number of rotatable bonds is 5. The van der Waals surface area contributed by atoms with Crippen molar-refractivity contribution in [2.75, 3.05) is 26.4 Å². The number of aryl methyl sites for hydroxylation is 1. The Morgan fingerprint density at radius 3 is 3.05 bits per heavy atom. The summed E-state index contributed by atoms with van der Waals surface area (Å²) in [5, 5.41) is 4.23. The van der Waals surface area contributed by atoms with Gasteiger partial charge in [0.25, 0.3) is 0 Å². The predicted molar refractivity (Wildman–Crippen MR) is 81.3 cm³/mol. The van der Waals surface area contributed by atoms with E-state index < -0.39 is 0 Å². The molecule has 0 radical (unpaired) electrons. The zero-order valence-electron chi connectivity index (χ0n) is 13.2. The molecule has 1 aromatic rings. The largest absolute Gasteiger partial charge is 0.376 e. The quantitative estimate of drug-likeness (QED) is 0.830. The van der Waals surface area contributed by atoms with Gasteiger partial charge in [0, 0.05) is 26.4 Å². The Kier molecular flexibility index (Phi) is 5.10. The number of nitrogens with zero attached hydrogens (tertiary/aromatic N) is 3. The van der Waals surface area contributed by atoms with Gasteiger partial charge in [0.2, 0.25) is 5.91 Å². The van der Waals surface area contributed by atoms with Crippen LogP contribution < -0.4 is 0 Å². The Bertz CT molecular complexity index is 497. The van der Waals surface area contributed by atoms with E-state index in [0.717, 1.165) is 50.9 Å². The molecule has 0 aromatic carbocycles. The molecule has 0 N–H and O–H groups in total. The van der Waals surface area contributed by atoms with Crippen molar-refractivity contribution in [3.63, 3.8) is 0 Å². The first-order valence-electron chi connectivity index (χ1n) is 8.22. The Morgan fingerprint density at radius 2 is 2.32 bits per heavy atom. The SMILES string of the molecule is Cn1nccc1[C@H]1CCCCN1C(=O)COC[C@H]1CCCO1. The fourth-order valence-corrected chi connectivity index (χ4v) is 3.38. The summed E-state index contributed by atoms with van der Waals surface area (Å²) in [6.45, 7) is 2.29. The van der Waals surface area contributed by atoms with Gasteiger partial charge >= 0.3 is 0 Å². The van der Waals surface area contributed by atoms with E-state index in [2.05, 4.69) is 5.10 Å². The lowest BCUT2D eigenvalue weighted by molar-refractivity contribution is -0.141. The highest BCUT2D eigenvalue weighted by molar-refractivity contribution is 5.78. The van der Waals surface area contributed by atoms with E-state index in [1.54, 1.807) is 6.20 Å². The van der Waals surface area contributed by atoms with E-state index in [1.807, 2.05) is 22.7 Å². The first-order chi connectivity index (χ1) is 10.8. The maximum absolute atomic E-state index is 12.5. The molecule has 122 valence electrons. The Morgan fingerprint density at radius 1 is 1.41 bits per heavy atom. The average Bonchev–Trinajstić information content (AvgIpc) is 3.19. The van der Waals surface area contributed by atoms with Crippen LogP contribution in [0.2, 0.25) is 0 Å². The maximum Gasteiger partial charge on any atom is 0.249 e. The molecule has 0 saturated carbocycles. The van der Waals surface area contributed by atoms with Crippen LogP contribution in [0.1, 0.15) is 43.8 Å². The first-order valence-corrected chi connectivity index (χ1v) is 8.22. The number of piperidine rings is 1. The number of aromatic nitrogens is 2. The van der Waals surface area contributed by atoms with Crippen molar-refractivity contribution in [1.82, 2.24) is 14.7 Å². The molecular formula is C16H25N3O3. The molecule has 2 aliphatic heterocycles. The fourth-order valence-electron chi connectivity index (χ4n) is 3.38. The van der Waals surface area contributed by atoms with Gasteiger partial charge in [0.1, 0.15) is 6.61 Å².